The molecule has 6 heteroatoms. The lowest BCUT2D eigenvalue weighted by molar-refractivity contribution is -0.123. The number of hydrogen-bond donors (Lipinski definition) is 1. The highest BCUT2D eigenvalue weighted by molar-refractivity contribution is 6.74. The molecule has 0 amide bonds. The van der Waals surface area contributed by atoms with Crippen LogP contribution in [0.15, 0.2) is 30.5 Å². The number of carbonyl (C=O) groups is 1. The van der Waals surface area contributed by atoms with Crippen LogP contribution in [0.2, 0.25) is 18.1 Å². The first-order chi connectivity index (χ1) is 11.2. The van der Waals surface area contributed by atoms with Crippen molar-refractivity contribution in [3.05, 3.63) is 36.0 Å². The average molecular weight is 347 g/mol. The largest absolute Gasteiger partial charge is 0.454 e. The van der Waals surface area contributed by atoms with E-state index in [1.165, 1.54) is 0 Å². The van der Waals surface area contributed by atoms with E-state index in [1.54, 1.807) is 12.3 Å². The zero-order chi connectivity index (χ0) is 17.5. The summed E-state index contributed by atoms with van der Waals surface area (Å²) >= 11 is 0. The van der Waals surface area contributed by atoms with Crippen LogP contribution < -0.4 is 14.8 Å². The second-order valence-electron chi connectivity index (χ2n) is 7.79. The summed E-state index contributed by atoms with van der Waals surface area (Å²) in [7, 11) is -2.08. The molecule has 0 aliphatic carbocycles. The molecule has 2 heterocycles. The number of ether oxygens (including phenoxy) is 2. The molecule has 5 nitrogen and oxygen atoms in total. The van der Waals surface area contributed by atoms with Crippen LogP contribution in [0.3, 0.4) is 0 Å². The Morgan fingerprint density at radius 1 is 1.21 bits per heavy atom. The Labute approximate surface area is 144 Å². The van der Waals surface area contributed by atoms with Crippen molar-refractivity contribution < 1.29 is 18.7 Å². The van der Waals surface area contributed by atoms with E-state index in [9.17, 15) is 4.79 Å². The topological polar surface area (TPSA) is 56.8 Å². The van der Waals surface area contributed by atoms with Gasteiger partial charge >= 0.3 is 0 Å². The van der Waals surface area contributed by atoms with Gasteiger partial charge in [-0.25, -0.2) is 0 Å². The molecule has 0 spiro atoms. The number of hydrogen-bond acceptors (Lipinski definition) is 5. The number of benzene rings is 1. The van der Waals surface area contributed by atoms with Gasteiger partial charge in [0.15, 0.2) is 25.6 Å². The Morgan fingerprint density at radius 3 is 2.62 bits per heavy atom. The Morgan fingerprint density at radius 2 is 1.92 bits per heavy atom. The lowest BCUT2D eigenvalue weighted by Crippen LogP contribution is -2.50. The van der Waals surface area contributed by atoms with Crippen LogP contribution in [-0.4, -0.2) is 27.0 Å². The smallest absolute Gasteiger partial charge is 0.231 e. The third-order valence-electron chi connectivity index (χ3n) is 5.09. The molecule has 0 saturated heterocycles. The molecule has 0 fully saturated rings. The van der Waals surface area contributed by atoms with Gasteiger partial charge in [0.05, 0.1) is 6.04 Å². The summed E-state index contributed by atoms with van der Waals surface area (Å²) in [6.45, 7) is 11.1. The number of fused-ring (bicyclic) bond motifs is 1. The lowest BCUT2D eigenvalue weighted by atomic mass is 9.96. The highest BCUT2D eigenvalue weighted by atomic mass is 28.4. The molecular formula is C18H25NO4Si. The maximum absolute atomic E-state index is 12.5. The van der Waals surface area contributed by atoms with Gasteiger partial charge in [-0.1, -0.05) is 26.8 Å². The van der Waals surface area contributed by atoms with Crippen molar-refractivity contribution in [3.8, 4) is 11.5 Å². The lowest BCUT2D eigenvalue weighted by Gasteiger charge is -2.41. The summed E-state index contributed by atoms with van der Waals surface area (Å²) in [5.41, 5.74) is 0.959. The zero-order valence-corrected chi connectivity index (χ0v) is 15.9. The van der Waals surface area contributed by atoms with Gasteiger partial charge in [0.1, 0.15) is 6.10 Å². The van der Waals surface area contributed by atoms with Gasteiger partial charge in [0.2, 0.25) is 6.79 Å². The molecule has 2 atom stereocenters. The van der Waals surface area contributed by atoms with E-state index in [0.717, 1.165) is 11.3 Å². The quantitative estimate of drug-likeness (QED) is 0.848. The van der Waals surface area contributed by atoms with Crippen molar-refractivity contribution in [1.29, 1.82) is 0 Å². The van der Waals surface area contributed by atoms with Crippen molar-refractivity contribution >= 4 is 14.1 Å². The summed E-state index contributed by atoms with van der Waals surface area (Å²) in [5.74, 6) is 1.45. The molecule has 3 rings (SSSR count). The van der Waals surface area contributed by atoms with Gasteiger partial charge in [-0.2, -0.15) is 0 Å². The molecule has 0 saturated carbocycles. The number of rotatable bonds is 3. The first-order valence-corrected chi connectivity index (χ1v) is 11.1. The van der Waals surface area contributed by atoms with Gasteiger partial charge < -0.3 is 19.2 Å². The van der Waals surface area contributed by atoms with Crippen molar-refractivity contribution in [3.63, 3.8) is 0 Å². The maximum atomic E-state index is 12.5. The highest BCUT2D eigenvalue weighted by Crippen LogP contribution is 2.40. The summed E-state index contributed by atoms with van der Waals surface area (Å²) in [5, 5.41) is 3.32. The van der Waals surface area contributed by atoms with Crippen molar-refractivity contribution in [2.45, 2.75) is 51.0 Å². The first kappa shape index (κ1) is 17.0. The predicted octanol–water partition coefficient (Wildman–Crippen LogP) is 3.53. The standard InChI is InChI=1S/C18H25NO4Si/c1-18(2,3)24(4,5)23-17-13(20)8-9-19-16(17)12-6-7-14-15(10-12)22-11-21-14/h6-10,16-17,19H,11H2,1-5H3/t16-,17+/m1/s1. The van der Waals surface area contributed by atoms with Gasteiger partial charge in [-0.3, -0.25) is 4.79 Å². The van der Waals surface area contributed by atoms with Crippen molar-refractivity contribution in [2.75, 3.05) is 6.79 Å². The maximum Gasteiger partial charge on any atom is 0.231 e. The van der Waals surface area contributed by atoms with Crippen molar-refractivity contribution in [1.82, 2.24) is 5.32 Å². The van der Waals surface area contributed by atoms with Crippen LogP contribution in [0.1, 0.15) is 32.4 Å². The number of ketones is 1. The van der Waals surface area contributed by atoms with E-state index >= 15 is 0 Å². The fraction of sp³-hybridized carbons (Fsp3) is 0.500. The van der Waals surface area contributed by atoms with Crippen LogP contribution in [0.25, 0.3) is 0 Å². The minimum absolute atomic E-state index is 0.00115. The molecule has 0 aromatic heterocycles. The average Bonchev–Trinajstić information content (AvgIpc) is 2.95. The van der Waals surface area contributed by atoms with E-state index in [2.05, 4.69) is 39.2 Å². The minimum Gasteiger partial charge on any atom is -0.454 e. The third-order valence-corrected chi connectivity index (χ3v) is 9.55. The number of nitrogens with one attached hydrogen (secondary N) is 1. The second-order valence-corrected chi connectivity index (χ2v) is 12.5. The molecule has 0 radical (unpaired) electrons. The summed E-state index contributed by atoms with van der Waals surface area (Å²) in [6.07, 6.45) is 2.72. The second kappa shape index (κ2) is 5.93. The van der Waals surface area contributed by atoms with E-state index in [1.807, 2.05) is 18.2 Å². The van der Waals surface area contributed by atoms with Gasteiger partial charge in [0.25, 0.3) is 0 Å². The molecule has 130 valence electrons. The fourth-order valence-electron chi connectivity index (χ4n) is 2.58. The summed E-state index contributed by atoms with van der Waals surface area (Å²) in [4.78, 5) is 12.5. The number of carbonyl (C=O) groups excluding carboxylic acids is 1. The normalized spacial score (nSPS) is 23.3. The van der Waals surface area contributed by atoms with Gasteiger partial charge in [0, 0.05) is 6.20 Å². The molecule has 0 bridgehead atoms. The predicted molar refractivity (Wildman–Crippen MR) is 94.7 cm³/mol. The van der Waals surface area contributed by atoms with E-state index in [0.29, 0.717) is 5.75 Å². The first-order valence-electron chi connectivity index (χ1n) is 8.23. The van der Waals surface area contributed by atoms with E-state index in [-0.39, 0.29) is 23.7 Å². The molecule has 2 aliphatic rings. The van der Waals surface area contributed by atoms with Crippen molar-refractivity contribution in [2.24, 2.45) is 0 Å². The van der Waals surface area contributed by atoms with E-state index < -0.39 is 14.4 Å². The van der Waals surface area contributed by atoms with Crippen LogP contribution in [0, 0.1) is 0 Å². The molecule has 1 aromatic rings. The Kier molecular flexibility index (Phi) is 4.21. The van der Waals surface area contributed by atoms with Crippen LogP contribution in [-0.2, 0) is 9.22 Å². The molecular weight excluding hydrogens is 322 g/mol. The minimum atomic E-state index is -2.08. The fourth-order valence-corrected chi connectivity index (χ4v) is 3.82. The summed E-state index contributed by atoms with van der Waals surface area (Å²) < 4.78 is 17.3. The Hall–Kier alpha value is -1.79. The molecule has 0 unspecified atom stereocenters. The van der Waals surface area contributed by atoms with Crippen LogP contribution >= 0.6 is 0 Å². The third kappa shape index (κ3) is 3.08. The molecule has 2 aliphatic heterocycles. The molecule has 1 aromatic carbocycles. The monoisotopic (exact) mass is 347 g/mol. The molecule has 24 heavy (non-hydrogen) atoms. The zero-order valence-electron chi connectivity index (χ0n) is 14.9. The van der Waals surface area contributed by atoms with Gasteiger partial charge in [-0.15, -0.1) is 0 Å². The van der Waals surface area contributed by atoms with Crippen LogP contribution in [0.4, 0.5) is 0 Å². The van der Waals surface area contributed by atoms with E-state index in [4.69, 9.17) is 13.9 Å². The molecule has 1 N–H and O–H groups in total. The Bertz CT molecular complexity index is 678. The highest BCUT2D eigenvalue weighted by Gasteiger charge is 2.43. The SMILES string of the molecule is CC(C)(C)[Si](C)(C)O[C@H]1C(=O)C=CN[C@@H]1c1ccc2c(c1)OCO2. The summed E-state index contributed by atoms with van der Waals surface area (Å²) in [6, 6.07) is 5.53. The van der Waals surface area contributed by atoms with Gasteiger partial charge in [-0.05, 0) is 41.9 Å². The Balaban J connectivity index is 1.91. The van der Waals surface area contributed by atoms with Crippen LogP contribution in [0.5, 0.6) is 11.5 Å².